The van der Waals surface area contributed by atoms with Gasteiger partial charge in [-0.3, -0.25) is 24.1 Å². The number of fused-ring (bicyclic) bond motifs is 1. The number of aliphatic carboxylic acids is 1. The first kappa shape index (κ1) is 24.0. The standard InChI is InChI=1S/C17H18ClN5O7S2/c1-6(24)30-3-7-4-31-15-11(14(27)23(15)12(7)16(28)29)22-13(26)10(19)8-5-32-17(20-8)21-9(25)2-18/h5,10-11,15H,2-4,19H2,1H3,(H,22,26)(H,28,29)(H,20,21,25)/t10?,11-,15+/m1/s1. The number of nitrogens with zero attached hydrogens (tertiary/aromatic N) is 2. The largest absolute Gasteiger partial charge is 0.477 e. The van der Waals surface area contributed by atoms with Gasteiger partial charge in [0.15, 0.2) is 5.13 Å². The lowest BCUT2D eigenvalue weighted by Crippen LogP contribution is -2.71. The maximum atomic E-state index is 12.6. The van der Waals surface area contributed by atoms with Gasteiger partial charge in [-0.05, 0) is 0 Å². The Balaban J connectivity index is 1.67. The Kier molecular flexibility index (Phi) is 7.38. The zero-order valence-electron chi connectivity index (χ0n) is 16.5. The van der Waals surface area contributed by atoms with Crippen LogP contribution in [-0.4, -0.2) is 74.3 Å². The number of nitrogens with one attached hydrogen (secondary N) is 2. The van der Waals surface area contributed by atoms with Crippen molar-refractivity contribution in [2.45, 2.75) is 24.4 Å². The van der Waals surface area contributed by atoms with Crippen LogP contribution in [0.2, 0.25) is 0 Å². The number of ether oxygens (including phenoxy) is 1. The number of rotatable bonds is 8. The van der Waals surface area contributed by atoms with Crippen LogP contribution in [0.15, 0.2) is 16.7 Å². The van der Waals surface area contributed by atoms with Crippen molar-refractivity contribution in [1.82, 2.24) is 15.2 Å². The molecule has 15 heteroatoms. The molecule has 172 valence electrons. The third-order valence-corrected chi connectivity index (χ3v) is 6.85. The topological polar surface area (TPSA) is 181 Å². The molecule has 3 amide bonds. The third-order valence-electron chi connectivity index (χ3n) is 4.49. The van der Waals surface area contributed by atoms with E-state index in [1.54, 1.807) is 0 Å². The molecule has 0 aromatic carbocycles. The summed E-state index contributed by atoms with van der Waals surface area (Å²) in [6.45, 7) is 0.954. The second-order valence-electron chi connectivity index (χ2n) is 6.67. The number of hydrogen-bond donors (Lipinski definition) is 4. The molecule has 3 rings (SSSR count). The van der Waals surface area contributed by atoms with Gasteiger partial charge in [0, 0.05) is 23.6 Å². The van der Waals surface area contributed by atoms with Gasteiger partial charge < -0.3 is 26.2 Å². The predicted octanol–water partition coefficient (Wildman–Crippen LogP) is -0.378. The molecule has 2 aliphatic rings. The highest BCUT2D eigenvalue weighted by molar-refractivity contribution is 8.00. The van der Waals surface area contributed by atoms with Crippen molar-refractivity contribution in [2.75, 3.05) is 23.6 Å². The van der Waals surface area contributed by atoms with Gasteiger partial charge in [0.25, 0.3) is 5.91 Å². The molecule has 1 saturated heterocycles. The lowest BCUT2D eigenvalue weighted by atomic mass is 10.0. The van der Waals surface area contributed by atoms with Crippen molar-refractivity contribution in [3.8, 4) is 0 Å². The van der Waals surface area contributed by atoms with E-state index in [1.165, 1.54) is 24.1 Å². The summed E-state index contributed by atoms with van der Waals surface area (Å²) in [5.74, 6) is -3.72. The molecule has 0 bridgehead atoms. The number of aromatic nitrogens is 1. The van der Waals surface area contributed by atoms with Crippen LogP contribution in [0.4, 0.5) is 5.13 Å². The van der Waals surface area contributed by atoms with Crippen molar-refractivity contribution in [3.05, 3.63) is 22.3 Å². The number of thiazole rings is 1. The molecule has 2 aliphatic heterocycles. The number of β-lactam (4-membered cyclic amide) rings is 1. The van der Waals surface area contributed by atoms with Gasteiger partial charge in [0.1, 0.15) is 35.6 Å². The van der Waals surface area contributed by atoms with E-state index in [4.69, 9.17) is 22.1 Å². The van der Waals surface area contributed by atoms with Gasteiger partial charge in [-0.25, -0.2) is 9.78 Å². The Morgan fingerprint density at radius 2 is 2.16 bits per heavy atom. The third kappa shape index (κ3) is 4.87. The summed E-state index contributed by atoms with van der Waals surface area (Å²) in [6.07, 6.45) is 0. The van der Waals surface area contributed by atoms with Gasteiger partial charge >= 0.3 is 11.9 Å². The highest BCUT2D eigenvalue weighted by atomic mass is 35.5. The van der Waals surface area contributed by atoms with Crippen LogP contribution in [-0.2, 0) is 28.7 Å². The molecular weight excluding hydrogens is 486 g/mol. The van der Waals surface area contributed by atoms with Gasteiger partial charge in [-0.15, -0.1) is 34.7 Å². The molecule has 0 aliphatic carbocycles. The normalized spacial score (nSPS) is 20.7. The lowest BCUT2D eigenvalue weighted by molar-refractivity contribution is -0.151. The molecule has 0 saturated carbocycles. The van der Waals surface area contributed by atoms with E-state index in [1.807, 2.05) is 0 Å². The average Bonchev–Trinajstić information content (AvgIpc) is 3.22. The molecule has 1 aromatic rings. The number of thioether (sulfide) groups is 1. The second-order valence-corrected chi connectivity index (χ2v) is 8.90. The number of esters is 1. The van der Waals surface area contributed by atoms with Gasteiger partial charge in [0.05, 0.1) is 5.69 Å². The Labute approximate surface area is 194 Å². The molecule has 1 fully saturated rings. The first-order valence-electron chi connectivity index (χ1n) is 9.04. The van der Waals surface area contributed by atoms with E-state index >= 15 is 0 Å². The molecule has 3 atom stereocenters. The minimum atomic E-state index is -1.33. The van der Waals surface area contributed by atoms with Crippen LogP contribution in [0.5, 0.6) is 0 Å². The van der Waals surface area contributed by atoms with Crippen LogP contribution in [0, 0.1) is 0 Å². The zero-order chi connectivity index (χ0) is 23.6. The first-order valence-corrected chi connectivity index (χ1v) is 11.5. The van der Waals surface area contributed by atoms with Crippen molar-refractivity contribution in [3.63, 3.8) is 0 Å². The molecular formula is C17H18ClN5O7S2. The van der Waals surface area contributed by atoms with E-state index in [2.05, 4.69) is 15.6 Å². The van der Waals surface area contributed by atoms with Gasteiger partial charge in [-0.2, -0.15) is 0 Å². The number of anilines is 1. The number of hydrogen-bond acceptors (Lipinski definition) is 10. The van der Waals surface area contributed by atoms with E-state index < -0.39 is 47.1 Å². The predicted molar refractivity (Wildman–Crippen MR) is 115 cm³/mol. The van der Waals surface area contributed by atoms with Crippen molar-refractivity contribution >= 4 is 69.5 Å². The highest BCUT2D eigenvalue weighted by Crippen LogP contribution is 2.40. The number of carboxylic acids is 1. The van der Waals surface area contributed by atoms with Gasteiger partial charge in [-0.1, -0.05) is 0 Å². The van der Waals surface area contributed by atoms with E-state index in [9.17, 15) is 29.1 Å². The summed E-state index contributed by atoms with van der Waals surface area (Å²) in [7, 11) is 0. The smallest absolute Gasteiger partial charge is 0.352 e. The van der Waals surface area contributed by atoms with Crippen molar-refractivity contribution in [2.24, 2.45) is 5.73 Å². The minimum Gasteiger partial charge on any atom is -0.477 e. The lowest BCUT2D eigenvalue weighted by Gasteiger charge is -2.49. The minimum absolute atomic E-state index is 0.187. The Morgan fingerprint density at radius 1 is 1.44 bits per heavy atom. The quantitative estimate of drug-likeness (QED) is 0.207. The second kappa shape index (κ2) is 9.85. The number of amides is 3. The first-order chi connectivity index (χ1) is 15.1. The number of carbonyl (C=O) groups is 5. The van der Waals surface area contributed by atoms with Crippen LogP contribution in [0.1, 0.15) is 18.7 Å². The molecule has 1 unspecified atom stereocenters. The number of carboxylic acid groups (broad SMARTS) is 1. The SMILES string of the molecule is CC(=O)OCC1=C(C(=O)O)N2C(=O)[C@@H](NC(=O)C(N)c3csc(NC(=O)CCl)n3)[C@@H]2SC1. The number of halogens is 1. The summed E-state index contributed by atoms with van der Waals surface area (Å²) >= 11 is 7.71. The molecule has 1 aromatic heterocycles. The van der Waals surface area contributed by atoms with Crippen molar-refractivity contribution < 1.29 is 33.8 Å². The fourth-order valence-electron chi connectivity index (χ4n) is 3.00. The molecule has 3 heterocycles. The summed E-state index contributed by atoms with van der Waals surface area (Å²) in [5.41, 5.74) is 6.15. The van der Waals surface area contributed by atoms with Crippen molar-refractivity contribution in [1.29, 1.82) is 0 Å². The Morgan fingerprint density at radius 3 is 2.78 bits per heavy atom. The fraction of sp³-hybridized carbons (Fsp3) is 0.412. The van der Waals surface area contributed by atoms with Crippen LogP contribution in [0.3, 0.4) is 0 Å². The van der Waals surface area contributed by atoms with E-state index in [-0.39, 0.29) is 40.3 Å². The summed E-state index contributed by atoms with van der Waals surface area (Å²) in [4.78, 5) is 64.4. The number of carbonyl (C=O) groups excluding carboxylic acids is 4. The van der Waals surface area contributed by atoms with Crippen LogP contribution < -0.4 is 16.4 Å². The number of alkyl halides is 1. The summed E-state index contributed by atoms with van der Waals surface area (Å²) in [6, 6.07) is -2.19. The highest BCUT2D eigenvalue weighted by Gasteiger charge is 2.54. The maximum Gasteiger partial charge on any atom is 0.352 e. The Bertz CT molecular complexity index is 1010. The molecule has 0 radical (unpaired) electrons. The molecule has 32 heavy (non-hydrogen) atoms. The summed E-state index contributed by atoms with van der Waals surface area (Å²) < 4.78 is 4.87. The van der Waals surface area contributed by atoms with Crippen LogP contribution >= 0.6 is 34.7 Å². The zero-order valence-corrected chi connectivity index (χ0v) is 18.9. The van der Waals surface area contributed by atoms with Gasteiger partial charge in [0.2, 0.25) is 11.8 Å². The van der Waals surface area contributed by atoms with E-state index in [0.717, 1.165) is 16.2 Å². The maximum absolute atomic E-state index is 12.6. The fourth-order valence-corrected chi connectivity index (χ4v) is 5.16. The summed E-state index contributed by atoms with van der Waals surface area (Å²) in [5, 5.41) is 15.6. The molecule has 5 N–H and O–H groups in total. The monoisotopic (exact) mass is 503 g/mol. The average molecular weight is 504 g/mol. The van der Waals surface area contributed by atoms with Crippen LogP contribution in [0.25, 0.3) is 0 Å². The molecule has 0 spiro atoms. The number of nitrogens with two attached hydrogens (primary N) is 1. The molecule has 12 nitrogen and oxygen atoms in total. The Hall–Kier alpha value is -2.68. The van der Waals surface area contributed by atoms with E-state index in [0.29, 0.717) is 0 Å².